The minimum atomic E-state index is 0.393. The molecular weight excluding hydrogens is 262 g/mol. The molecule has 1 saturated heterocycles. The molecule has 1 aromatic rings. The molecule has 21 heavy (non-hydrogen) atoms. The average Bonchev–Trinajstić information content (AvgIpc) is 2.46. The number of nitrogens with zero attached hydrogens (tertiary/aromatic N) is 3. The van der Waals surface area contributed by atoms with Gasteiger partial charge in [0.2, 0.25) is 5.95 Å². The standard InChI is InChI=1S/C16H27N5/c1-2-3-12-10-21(11-12)16-18-8-15(9-19-16)20-14-6-4-13(17)5-7-14/h8-9,12-14,20H,2-7,10-11,17H2,1H3. The van der Waals surface area contributed by atoms with Crippen LogP contribution in [0.5, 0.6) is 0 Å². The Hall–Kier alpha value is -1.36. The van der Waals surface area contributed by atoms with Gasteiger partial charge in [-0.2, -0.15) is 0 Å². The molecule has 0 radical (unpaired) electrons. The number of anilines is 2. The third-order valence-corrected chi connectivity index (χ3v) is 4.72. The largest absolute Gasteiger partial charge is 0.380 e. The van der Waals surface area contributed by atoms with Crippen molar-refractivity contribution in [1.82, 2.24) is 9.97 Å². The fourth-order valence-electron chi connectivity index (χ4n) is 3.38. The van der Waals surface area contributed by atoms with Crippen LogP contribution >= 0.6 is 0 Å². The number of hydrogen-bond donors (Lipinski definition) is 2. The molecular formula is C16H27N5. The van der Waals surface area contributed by atoms with Gasteiger partial charge in [0.05, 0.1) is 18.1 Å². The maximum Gasteiger partial charge on any atom is 0.225 e. The molecule has 1 aliphatic heterocycles. The first kappa shape index (κ1) is 14.6. The zero-order valence-electron chi connectivity index (χ0n) is 13.0. The van der Waals surface area contributed by atoms with Crippen molar-refractivity contribution in [2.45, 2.75) is 57.5 Å². The third kappa shape index (κ3) is 3.64. The molecule has 0 spiro atoms. The van der Waals surface area contributed by atoms with Gasteiger partial charge in [0, 0.05) is 25.2 Å². The van der Waals surface area contributed by atoms with E-state index in [9.17, 15) is 0 Å². The predicted molar refractivity (Wildman–Crippen MR) is 86.5 cm³/mol. The number of aromatic nitrogens is 2. The third-order valence-electron chi connectivity index (χ3n) is 4.72. The summed E-state index contributed by atoms with van der Waals surface area (Å²) in [6.07, 6.45) is 11.0. The zero-order valence-corrected chi connectivity index (χ0v) is 13.0. The van der Waals surface area contributed by atoms with E-state index >= 15 is 0 Å². The Bertz CT molecular complexity index is 432. The summed E-state index contributed by atoms with van der Waals surface area (Å²) in [7, 11) is 0. The van der Waals surface area contributed by atoms with Crippen molar-refractivity contribution in [3.8, 4) is 0 Å². The van der Waals surface area contributed by atoms with Crippen molar-refractivity contribution in [2.75, 3.05) is 23.3 Å². The first-order chi connectivity index (χ1) is 10.2. The molecule has 3 rings (SSSR count). The van der Waals surface area contributed by atoms with Gasteiger partial charge >= 0.3 is 0 Å². The van der Waals surface area contributed by atoms with Crippen molar-refractivity contribution < 1.29 is 0 Å². The van der Waals surface area contributed by atoms with Crippen LogP contribution in [-0.2, 0) is 0 Å². The number of nitrogens with two attached hydrogens (primary N) is 1. The number of rotatable bonds is 5. The molecule has 0 bridgehead atoms. The summed E-state index contributed by atoms with van der Waals surface area (Å²) >= 11 is 0. The molecule has 0 aromatic carbocycles. The molecule has 0 amide bonds. The lowest BCUT2D eigenvalue weighted by Crippen LogP contribution is -2.47. The molecule has 0 unspecified atom stereocenters. The van der Waals surface area contributed by atoms with Gasteiger partial charge in [-0.15, -0.1) is 0 Å². The summed E-state index contributed by atoms with van der Waals surface area (Å²) in [6.45, 7) is 4.47. The van der Waals surface area contributed by atoms with Crippen LogP contribution in [0.3, 0.4) is 0 Å². The Kier molecular flexibility index (Phi) is 4.58. The predicted octanol–water partition coefficient (Wildman–Crippen LogP) is 2.39. The van der Waals surface area contributed by atoms with Crippen LogP contribution in [0.1, 0.15) is 45.4 Å². The lowest BCUT2D eigenvalue weighted by atomic mass is 9.92. The minimum Gasteiger partial charge on any atom is -0.380 e. The normalized spacial score (nSPS) is 26.5. The van der Waals surface area contributed by atoms with Gasteiger partial charge in [0.1, 0.15) is 0 Å². The molecule has 2 heterocycles. The van der Waals surface area contributed by atoms with Gasteiger partial charge in [-0.25, -0.2) is 9.97 Å². The van der Waals surface area contributed by atoms with Crippen molar-refractivity contribution in [3.05, 3.63) is 12.4 Å². The molecule has 2 aliphatic rings. The summed E-state index contributed by atoms with van der Waals surface area (Å²) < 4.78 is 0. The molecule has 1 aromatic heterocycles. The van der Waals surface area contributed by atoms with Gasteiger partial charge in [0.15, 0.2) is 0 Å². The van der Waals surface area contributed by atoms with Crippen molar-refractivity contribution >= 4 is 11.6 Å². The second kappa shape index (κ2) is 6.60. The van der Waals surface area contributed by atoms with Crippen LogP contribution in [0, 0.1) is 5.92 Å². The van der Waals surface area contributed by atoms with Gasteiger partial charge in [-0.05, 0) is 38.0 Å². The van der Waals surface area contributed by atoms with E-state index in [1.54, 1.807) is 0 Å². The first-order valence-electron chi connectivity index (χ1n) is 8.33. The van der Waals surface area contributed by atoms with Crippen molar-refractivity contribution in [2.24, 2.45) is 11.7 Å². The van der Waals surface area contributed by atoms with Gasteiger partial charge < -0.3 is 16.0 Å². The highest BCUT2D eigenvalue weighted by Crippen LogP contribution is 2.25. The van der Waals surface area contributed by atoms with Gasteiger partial charge in [-0.3, -0.25) is 0 Å². The van der Waals surface area contributed by atoms with E-state index < -0.39 is 0 Å². The molecule has 0 atom stereocenters. The highest BCUT2D eigenvalue weighted by molar-refractivity contribution is 5.44. The van der Waals surface area contributed by atoms with E-state index in [-0.39, 0.29) is 0 Å². The lowest BCUT2D eigenvalue weighted by molar-refractivity contribution is 0.375. The molecule has 2 fully saturated rings. The fourth-order valence-corrected chi connectivity index (χ4v) is 3.38. The van der Waals surface area contributed by atoms with Crippen LogP contribution in [0.2, 0.25) is 0 Å². The van der Waals surface area contributed by atoms with Crippen LogP contribution in [0.25, 0.3) is 0 Å². The highest BCUT2D eigenvalue weighted by Gasteiger charge is 2.27. The minimum absolute atomic E-state index is 0.393. The van der Waals surface area contributed by atoms with Crippen LogP contribution in [0.4, 0.5) is 11.6 Å². The molecule has 1 saturated carbocycles. The SMILES string of the molecule is CCCC1CN(c2ncc(NC3CCC(N)CC3)cn2)C1. The van der Waals surface area contributed by atoms with Crippen LogP contribution in [-0.4, -0.2) is 35.1 Å². The van der Waals surface area contributed by atoms with E-state index in [1.807, 2.05) is 12.4 Å². The summed E-state index contributed by atoms with van der Waals surface area (Å²) in [6, 6.07) is 0.918. The van der Waals surface area contributed by atoms with Crippen molar-refractivity contribution in [1.29, 1.82) is 0 Å². The monoisotopic (exact) mass is 289 g/mol. The maximum atomic E-state index is 5.94. The summed E-state index contributed by atoms with van der Waals surface area (Å²) in [4.78, 5) is 11.3. The topological polar surface area (TPSA) is 67.1 Å². The Balaban J connectivity index is 1.48. The van der Waals surface area contributed by atoms with Crippen LogP contribution < -0.4 is 16.0 Å². The van der Waals surface area contributed by atoms with Crippen LogP contribution in [0.15, 0.2) is 12.4 Å². The van der Waals surface area contributed by atoms with E-state index in [1.165, 1.54) is 12.8 Å². The maximum absolute atomic E-state index is 5.94. The van der Waals surface area contributed by atoms with Gasteiger partial charge in [0.25, 0.3) is 0 Å². The molecule has 116 valence electrons. The van der Waals surface area contributed by atoms with E-state index in [0.717, 1.165) is 56.3 Å². The molecule has 1 aliphatic carbocycles. The number of nitrogens with one attached hydrogen (secondary N) is 1. The van der Waals surface area contributed by atoms with Crippen molar-refractivity contribution in [3.63, 3.8) is 0 Å². The smallest absolute Gasteiger partial charge is 0.225 e. The van der Waals surface area contributed by atoms with E-state index in [0.29, 0.717) is 12.1 Å². The second-order valence-corrected chi connectivity index (χ2v) is 6.59. The summed E-state index contributed by atoms with van der Waals surface area (Å²) in [5.74, 6) is 1.71. The molecule has 3 N–H and O–H groups in total. The molecule has 5 heteroatoms. The quantitative estimate of drug-likeness (QED) is 0.871. The Morgan fingerprint density at radius 3 is 2.48 bits per heavy atom. The highest BCUT2D eigenvalue weighted by atomic mass is 15.3. The lowest BCUT2D eigenvalue weighted by Gasteiger charge is -2.39. The number of hydrogen-bond acceptors (Lipinski definition) is 5. The average molecular weight is 289 g/mol. The van der Waals surface area contributed by atoms with Gasteiger partial charge in [-0.1, -0.05) is 13.3 Å². The summed E-state index contributed by atoms with van der Waals surface area (Å²) in [5, 5.41) is 3.53. The van der Waals surface area contributed by atoms with E-state index in [2.05, 4.69) is 27.1 Å². The fraction of sp³-hybridized carbons (Fsp3) is 0.750. The summed E-state index contributed by atoms with van der Waals surface area (Å²) in [5.41, 5.74) is 6.97. The molecule has 5 nitrogen and oxygen atoms in total. The second-order valence-electron chi connectivity index (χ2n) is 6.59. The first-order valence-corrected chi connectivity index (χ1v) is 8.33. The van der Waals surface area contributed by atoms with E-state index in [4.69, 9.17) is 5.73 Å². The Labute approximate surface area is 127 Å². The Morgan fingerprint density at radius 1 is 1.19 bits per heavy atom. The zero-order chi connectivity index (χ0) is 14.7. The Morgan fingerprint density at radius 2 is 1.86 bits per heavy atom.